The molecule has 0 bridgehead atoms. The molecule has 2 amide bonds. The van der Waals surface area contributed by atoms with Gasteiger partial charge in [-0.05, 0) is 36.6 Å². The van der Waals surface area contributed by atoms with Gasteiger partial charge in [-0.15, -0.1) is 0 Å². The van der Waals surface area contributed by atoms with Gasteiger partial charge in [0.15, 0.2) is 0 Å². The molecule has 2 atom stereocenters. The van der Waals surface area contributed by atoms with Gasteiger partial charge in [-0.3, -0.25) is 10.2 Å². The first-order valence-electron chi connectivity index (χ1n) is 8.10. The van der Waals surface area contributed by atoms with Crippen LogP contribution in [0, 0.1) is 5.82 Å². The molecule has 2 aromatic rings. The molecule has 130 valence electrons. The number of nitrogens with zero attached hydrogens (tertiary/aromatic N) is 1. The Labute approximate surface area is 145 Å². The Morgan fingerprint density at radius 2 is 1.92 bits per heavy atom. The van der Waals surface area contributed by atoms with Crippen LogP contribution in [0.25, 0.3) is 0 Å². The standard InChI is InChI=1S/C19H19FN2O3/c1-13(15-7-9-16(20)10-8-15)18(23)21-22-17(12-25-19(22)24)11-14-5-3-2-4-6-14/h2-10,13,17H,11-12H2,1H3,(H,21,23)/t13?,17-/m0/s1. The van der Waals surface area contributed by atoms with Gasteiger partial charge in [0.25, 0.3) is 0 Å². The fraction of sp³-hybridized carbons (Fsp3) is 0.263. The van der Waals surface area contributed by atoms with Crippen LogP contribution in [0.5, 0.6) is 0 Å². The van der Waals surface area contributed by atoms with Crippen molar-refractivity contribution in [1.82, 2.24) is 10.4 Å². The van der Waals surface area contributed by atoms with E-state index in [9.17, 15) is 14.0 Å². The smallest absolute Gasteiger partial charge is 0.429 e. The highest BCUT2D eigenvalue weighted by molar-refractivity contribution is 5.85. The fourth-order valence-electron chi connectivity index (χ4n) is 2.75. The molecule has 3 rings (SSSR count). The lowest BCUT2D eigenvalue weighted by atomic mass is 10.0. The van der Waals surface area contributed by atoms with Gasteiger partial charge in [0, 0.05) is 0 Å². The zero-order chi connectivity index (χ0) is 17.8. The summed E-state index contributed by atoms with van der Waals surface area (Å²) in [5.41, 5.74) is 4.36. The summed E-state index contributed by atoms with van der Waals surface area (Å²) in [6.07, 6.45) is 0.0122. The van der Waals surface area contributed by atoms with Crippen LogP contribution in [-0.2, 0) is 16.0 Å². The summed E-state index contributed by atoms with van der Waals surface area (Å²) in [5, 5.41) is 1.25. The van der Waals surface area contributed by atoms with Gasteiger partial charge < -0.3 is 4.74 Å². The summed E-state index contributed by atoms with van der Waals surface area (Å²) >= 11 is 0. The summed E-state index contributed by atoms with van der Waals surface area (Å²) in [4.78, 5) is 24.4. The molecule has 1 aliphatic rings. The number of nitrogens with one attached hydrogen (secondary N) is 1. The summed E-state index contributed by atoms with van der Waals surface area (Å²) in [7, 11) is 0. The highest BCUT2D eigenvalue weighted by Crippen LogP contribution is 2.19. The first kappa shape index (κ1) is 17.0. The van der Waals surface area contributed by atoms with Gasteiger partial charge in [0.2, 0.25) is 5.91 Å². The van der Waals surface area contributed by atoms with E-state index in [-0.39, 0.29) is 24.4 Å². The lowest BCUT2D eigenvalue weighted by Crippen LogP contribution is -2.49. The number of hydrazine groups is 1. The minimum atomic E-state index is -0.569. The number of cyclic esters (lactones) is 1. The second kappa shape index (κ2) is 7.34. The first-order chi connectivity index (χ1) is 12.0. The van der Waals surface area contributed by atoms with E-state index in [1.54, 1.807) is 19.1 Å². The molecule has 1 saturated heterocycles. The van der Waals surface area contributed by atoms with Crippen LogP contribution < -0.4 is 5.43 Å². The van der Waals surface area contributed by atoms with Crippen molar-refractivity contribution >= 4 is 12.0 Å². The van der Waals surface area contributed by atoms with Gasteiger partial charge in [0.05, 0.1) is 12.0 Å². The minimum Gasteiger partial charge on any atom is -0.446 e. The zero-order valence-corrected chi connectivity index (χ0v) is 13.8. The summed E-state index contributed by atoms with van der Waals surface area (Å²) < 4.78 is 18.1. The second-order valence-electron chi connectivity index (χ2n) is 6.04. The average molecular weight is 342 g/mol. The number of benzene rings is 2. The van der Waals surface area contributed by atoms with E-state index in [2.05, 4.69) is 5.43 Å². The number of rotatable bonds is 5. The van der Waals surface area contributed by atoms with Crippen LogP contribution >= 0.6 is 0 Å². The molecule has 0 radical (unpaired) electrons. The number of carbonyl (C=O) groups excluding carboxylic acids is 2. The van der Waals surface area contributed by atoms with E-state index in [0.717, 1.165) is 5.56 Å². The van der Waals surface area contributed by atoms with Crippen molar-refractivity contribution in [2.75, 3.05) is 6.61 Å². The summed E-state index contributed by atoms with van der Waals surface area (Å²) in [6, 6.07) is 15.2. The highest BCUT2D eigenvalue weighted by atomic mass is 19.1. The van der Waals surface area contributed by atoms with Crippen molar-refractivity contribution in [2.24, 2.45) is 0 Å². The topological polar surface area (TPSA) is 58.6 Å². The van der Waals surface area contributed by atoms with Gasteiger partial charge in [-0.2, -0.15) is 0 Å². The molecule has 0 aromatic heterocycles. The lowest BCUT2D eigenvalue weighted by Gasteiger charge is -2.24. The van der Waals surface area contributed by atoms with Crippen molar-refractivity contribution in [3.8, 4) is 0 Å². The molecule has 5 nitrogen and oxygen atoms in total. The maximum absolute atomic E-state index is 13.0. The first-order valence-corrected chi connectivity index (χ1v) is 8.10. The van der Waals surface area contributed by atoms with Crippen LogP contribution in [0.3, 0.4) is 0 Å². The lowest BCUT2D eigenvalue weighted by molar-refractivity contribution is -0.126. The molecule has 0 aliphatic carbocycles. The molecule has 0 spiro atoms. The Morgan fingerprint density at radius 3 is 2.60 bits per heavy atom. The third-order valence-corrected chi connectivity index (χ3v) is 4.27. The molecule has 25 heavy (non-hydrogen) atoms. The molecule has 1 N–H and O–H groups in total. The fourth-order valence-corrected chi connectivity index (χ4v) is 2.75. The Morgan fingerprint density at radius 1 is 1.24 bits per heavy atom. The molecule has 1 unspecified atom stereocenters. The predicted molar refractivity (Wildman–Crippen MR) is 90.1 cm³/mol. The molecule has 6 heteroatoms. The molecular formula is C19H19FN2O3. The maximum Gasteiger partial charge on any atom is 0.429 e. The second-order valence-corrected chi connectivity index (χ2v) is 6.04. The van der Waals surface area contributed by atoms with Crippen molar-refractivity contribution < 1.29 is 18.7 Å². The van der Waals surface area contributed by atoms with E-state index in [4.69, 9.17) is 4.74 Å². The van der Waals surface area contributed by atoms with Gasteiger partial charge in [-0.1, -0.05) is 42.5 Å². The number of amides is 2. The number of carbonyl (C=O) groups is 2. The van der Waals surface area contributed by atoms with E-state index in [0.29, 0.717) is 12.0 Å². The van der Waals surface area contributed by atoms with E-state index >= 15 is 0 Å². The molecule has 0 saturated carbocycles. The van der Waals surface area contributed by atoms with Crippen molar-refractivity contribution in [1.29, 1.82) is 0 Å². The van der Waals surface area contributed by atoms with Crippen LogP contribution in [0.15, 0.2) is 54.6 Å². The quantitative estimate of drug-likeness (QED) is 0.909. The molecule has 2 aromatic carbocycles. The molecule has 1 fully saturated rings. The van der Waals surface area contributed by atoms with Crippen molar-refractivity contribution in [3.63, 3.8) is 0 Å². The average Bonchev–Trinajstić information content (AvgIpc) is 2.96. The van der Waals surface area contributed by atoms with Gasteiger partial charge in [0.1, 0.15) is 12.4 Å². The monoisotopic (exact) mass is 342 g/mol. The van der Waals surface area contributed by atoms with Gasteiger partial charge in [-0.25, -0.2) is 14.2 Å². The Balaban J connectivity index is 1.67. The Kier molecular flexibility index (Phi) is 4.97. The third-order valence-electron chi connectivity index (χ3n) is 4.27. The Hall–Kier alpha value is -2.89. The van der Waals surface area contributed by atoms with E-state index < -0.39 is 12.0 Å². The summed E-state index contributed by atoms with van der Waals surface area (Å²) in [5.74, 6) is -1.22. The third kappa shape index (κ3) is 3.96. The summed E-state index contributed by atoms with van der Waals surface area (Å²) in [6.45, 7) is 1.93. The van der Waals surface area contributed by atoms with Gasteiger partial charge >= 0.3 is 6.09 Å². The highest BCUT2D eigenvalue weighted by Gasteiger charge is 2.35. The molecule has 1 heterocycles. The van der Waals surface area contributed by atoms with Crippen LogP contribution in [-0.4, -0.2) is 29.7 Å². The maximum atomic E-state index is 13.0. The van der Waals surface area contributed by atoms with E-state index in [1.165, 1.54) is 17.1 Å². The predicted octanol–water partition coefficient (Wildman–Crippen LogP) is 3.02. The number of hydrogen-bond acceptors (Lipinski definition) is 3. The zero-order valence-electron chi connectivity index (χ0n) is 13.8. The van der Waals surface area contributed by atoms with Crippen LogP contribution in [0.1, 0.15) is 24.0 Å². The Bertz CT molecular complexity index is 749. The number of hydrogen-bond donors (Lipinski definition) is 1. The van der Waals surface area contributed by atoms with Crippen molar-refractivity contribution in [3.05, 3.63) is 71.5 Å². The molecular weight excluding hydrogens is 323 g/mol. The van der Waals surface area contributed by atoms with E-state index in [1.807, 2.05) is 30.3 Å². The number of halogens is 1. The normalized spacial score (nSPS) is 17.9. The molecule has 1 aliphatic heterocycles. The SMILES string of the molecule is CC(C(=O)NN1C(=O)OC[C@@H]1Cc1ccccc1)c1ccc(F)cc1. The van der Waals surface area contributed by atoms with Crippen LogP contribution in [0.4, 0.5) is 9.18 Å². The number of ether oxygens (including phenoxy) is 1. The van der Waals surface area contributed by atoms with Crippen molar-refractivity contribution in [2.45, 2.75) is 25.3 Å². The van der Waals surface area contributed by atoms with Crippen LogP contribution in [0.2, 0.25) is 0 Å². The largest absolute Gasteiger partial charge is 0.446 e. The minimum absolute atomic E-state index is 0.221.